The average Bonchev–Trinajstić information content (AvgIpc) is 3.54. The highest BCUT2D eigenvalue weighted by molar-refractivity contribution is 7.92. The number of aryl methyl sites for hydroxylation is 3. The normalized spacial score (nSPS) is 19.0. The van der Waals surface area contributed by atoms with Gasteiger partial charge in [-0.15, -0.1) is 0 Å². The molecule has 1 aromatic carbocycles. The molecule has 1 saturated heterocycles. The molecule has 0 bridgehead atoms. The van der Waals surface area contributed by atoms with Crippen LogP contribution in [0.1, 0.15) is 55.5 Å². The van der Waals surface area contributed by atoms with Crippen LogP contribution in [0.2, 0.25) is 0 Å². The number of likely N-dealkylation sites (tertiary alicyclic amines) is 1. The first kappa shape index (κ1) is 22.7. The Hall–Kier alpha value is -1.50. The van der Waals surface area contributed by atoms with Gasteiger partial charge in [0, 0.05) is 13.6 Å². The van der Waals surface area contributed by atoms with E-state index in [9.17, 15) is 4.55 Å². The fourth-order valence-electron chi connectivity index (χ4n) is 4.95. The molecule has 31 heavy (non-hydrogen) atoms. The summed E-state index contributed by atoms with van der Waals surface area (Å²) in [6.07, 6.45) is 9.40. The Morgan fingerprint density at radius 1 is 1.06 bits per heavy atom. The van der Waals surface area contributed by atoms with Gasteiger partial charge >= 0.3 is 0 Å². The third kappa shape index (κ3) is 5.65. The number of hydrogen-bond acceptors (Lipinski definition) is 4. The fraction of sp³-hybridized carbons (Fsp3) is 0.640. The van der Waals surface area contributed by atoms with E-state index in [1.54, 1.807) is 0 Å². The number of anilines is 1. The molecule has 1 atom stereocenters. The summed E-state index contributed by atoms with van der Waals surface area (Å²) < 4.78 is 16.8. The summed E-state index contributed by atoms with van der Waals surface area (Å²) in [4.78, 5) is 3.54. The maximum Gasteiger partial charge on any atom is 0.180 e. The van der Waals surface area contributed by atoms with Gasteiger partial charge in [0.05, 0.1) is 18.4 Å². The molecule has 1 saturated carbocycles. The van der Waals surface area contributed by atoms with Crippen LogP contribution < -0.4 is 4.31 Å². The Bertz CT molecular complexity index is 853. The largest absolute Gasteiger partial charge is 0.588 e. The summed E-state index contributed by atoms with van der Waals surface area (Å²) in [5.41, 5.74) is 4.24. The lowest BCUT2D eigenvalue weighted by Gasteiger charge is -2.32. The highest BCUT2D eigenvalue weighted by atomic mass is 32.2. The van der Waals surface area contributed by atoms with Crippen LogP contribution in [0.25, 0.3) is 0 Å². The van der Waals surface area contributed by atoms with E-state index in [0.29, 0.717) is 0 Å². The first-order chi connectivity index (χ1) is 14.9. The molecule has 0 radical (unpaired) electrons. The van der Waals surface area contributed by atoms with E-state index >= 15 is 0 Å². The smallest absolute Gasteiger partial charge is 0.180 e. The SMILES string of the molecule is Cc1nn(C)c(C)c1N(C)[S+]([O-])c1ccc(CCCC2CCN(CC3CC3)CC2)cc1. The first-order valence-electron chi connectivity index (χ1n) is 11.9. The summed E-state index contributed by atoms with van der Waals surface area (Å²) in [5, 5.41) is 4.45. The van der Waals surface area contributed by atoms with Crippen molar-refractivity contribution in [2.75, 3.05) is 31.0 Å². The molecule has 6 heteroatoms. The van der Waals surface area contributed by atoms with Gasteiger partial charge in [-0.1, -0.05) is 18.6 Å². The van der Waals surface area contributed by atoms with Crippen molar-refractivity contribution in [2.45, 2.75) is 63.7 Å². The predicted molar refractivity (Wildman–Crippen MR) is 129 cm³/mol. The molecule has 2 fully saturated rings. The molecular formula is C25H38N4OS. The second kappa shape index (κ2) is 9.97. The zero-order chi connectivity index (χ0) is 22.0. The molecule has 2 aliphatic rings. The number of benzene rings is 1. The number of hydrogen-bond donors (Lipinski definition) is 0. The van der Waals surface area contributed by atoms with Gasteiger partial charge in [-0.2, -0.15) is 9.40 Å². The number of nitrogens with zero attached hydrogens (tertiary/aromatic N) is 4. The maximum absolute atomic E-state index is 13.1. The zero-order valence-electron chi connectivity index (χ0n) is 19.6. The molecule has 0 amide bonds. The van der Waals surface area contributed by atoms with Crippen molar-refractivity contribution >= 4 is 17.0 Å². The molecule has 4 rings (SSSR count). The van der Waals surface area contributed by atoms with Gasteiger partial charge in [0.15, 0.2) is 4.90 Å². The first-order valence-corrected chi connectivity index (χ1v) is 13.0. The summed E-state index contributed by atoms with van der Waals surface area (Å²) >= 11 is -1.23. The molecule has 1 unspecified atom stereocenters. The third-order valence-electron chi connectivity index (χ3n) is 7.16. The highest BCUT2D eigenvalue weighted by Gasteiger charge is 2.27. The van der Waals surface area contributed by atoms with Crippen molar-refractivity contribution in [3.05, 3.63) is 41.2 Å². The molecule has 1 aromatic heterocycles. The van der Waals surface area contributed by atoms with E-state index in [0.717, 1.165) is 40.2 Å². The Morgan fingerprint density at radius 3 is 2.32 bits per heavy atom. The fourth-order valence-corrected chi connectivity index (χ4v) is 6.07. The summed E-state index contributed by atoms with van der Waals surface area (Å²) in [6.45, 7) is 7.96. The van der Waals surface area contributed by atoms with Crippen LogP contribution >= 0.6 is 0 Å². The van der Waals surface area contributed by atoms with E-state index in [-0.39, 0.29) is 0 Å². The van der Waals surface area contributed by atoms with Crippen molar-refractivity contribution in [3.63, 3.8) is 0 Å². The van der Waals surface area contributed by atoms with Crippen LogP contribution in [-0.4, -0.2) is 45.9 Å². The summed E-state index contributed by atoms with van der Waals surface area (Å²) in [7, 11) is 3.81. The lowest BCUT2D eigenvalue weighted by atomic mass is 9.90. The van der Waals surface area contributed by atoms with E-state index in [1.165, 1.54) is 63.7 Å². The second-order valence-electron chi connectivity index (χ2n) is 9.61. The van der Waals surface area contributed by atoms with Gasteiger partial charge in [0.25, 0.3) is 0 Å². The highest BCUT2D eigenvalue weighted by Crippen LogP contribution is 2.32. The van der Waals surface area contributed by atoms with Gasteiger partial charge in [-0.25, -0.2) is 0 Å². The van der Waals surface area contributed by atoms with Crippen LogP contribution in [0.15, 0.2) is 29.2 Å². The van der Waals surface area contributed by atoms with Crippen LogP contribution in [0, 0.1) is 25.7 Å². The van der Waals surface area contributed by atoms with Gasteiger partial charge in [-0.05, 0) is 95.0 Å². The monoisotopic (exact) mass is 442 g/mol. The van der Waals surface area contributed by atoms with Gasteiger partial charge in [0.2, 0.25) is 0 Å². The van der Waals surface area contributed by atoms with E-state index in [1.807, 2.05) is 49.1 Å². The number of piperidine rings is 1. The molecular weight excluding hydrogens is 404 g/mol. The van der Waals surface area contributed by atoms with Gasteiger partial charge in [0.1, 0.15) is 17.0 Å². The van der Waals surface area contributed by atoms with Crippen LogP contribution in [-0.2, 0) is 24.8 Å². The topological polar surface area (TPSA) is 47.4 Å². The van der Waals surface area contributed by atoms with Crippen molar-refractivity contribution in [1.29, 1.82) is 0 Å². The van der Waals surface area contributed by atoms with Gasteiger partial charge in [-0.3, -0.25) is 4.68 Å². The van der Waals surface area contributed by atoms with Crippen molar-refractivity contribution < 1.29 is 4.55 Å². The Labute approximate surface area is 191 Å². The van der Waals surface area contributed by atoms with Crippen LogP contribution in [0.5, 0.6) is 0 Å². The van der Waals surface area contributed by atoms with Crippen molar-refractivity contribution in [3.8, 4) is 0 Å². The Balaban J connectivity index is 1.23. The minimum atomic E-state index is -1.23. The van der Waals surface area contributed by atoms with Gasteiger partial charge < -0.3 is 9.45 Å². The molecule has 2 heterocycles. The molecule has 5 nitrogen and oxygen atoms in total. The number of aromatic nitrogens is 2. The maximum atomic E-state index is 13.1. The van der Waals surface area contributed by atoms with E-state index in [2.05, 4.69) is 22.1 Å². The average molecular weight is 443 g/mol. The lowest BCUT2D eigenvalue weighted by molar-refractivity contribution is 0.172. The molecule has 1 aliphatic heterocycles. The van der Waals surface area contributed by atoms with E-state index in [4.69, 9.17) is 0 Å². The predicted octanol–water partition coefficient (Wildman–Crippen LogP) is 4.64. The van der Waals surface area contributed by atoms with E-state index < -0.39 is 11.4 Å². The van der Waals surface area contributed by atoms with Crippen molar-refractivity contribution in [2.24, 2.45) is 18.9 Å². The Morgan fingerprint density at radius 2 is 1.74 bits per heavy atom. The van der Waals surface area contributed by atoms with Crippen LogP contribution in [0.4, 0.5) is 5.69 Å². The standard InChI is InChI=1S/C25H38N4OS/c1-19-25(20(2)27(3)26-19)28(4)31(30)24-12-10-21(11-13-24)6-5-7-22-14-16-29(17-15-22)18-23-8-9-23/h10-13,22-23H,5-9,14-18H2,1-4H3. The Kier molecular flexibility index (Phi) is 7.29. The lowest BCUT2D eigenvalue weighted by Crippen LogP contribution is -2.35. The summed E-state index contributed by atoms with van der Waals surface area (Å²) in [5.74, 6) is 1.92. The molecule has 0 N–H and O–H groups in total. The molecule has 170 valence electrons. The zero-order valence-corrected chi connectivity index (χ0v) is 20.5. The second-order valence-corrected chi connectivity index (χ2v) is 11.1. The number of rotatable bonds is 9. The van der Waals surface area contributed by atoms with Crippen molar-refractivity contribution in [1.82, 2.24) is 14.7 Å². The quantitative estimate of drug-likeness (QED) is 0.531. The summed E-state index contributed by atoms with van der Waals surface area (Å²) in [6, 6.07) is 8.36. The molecule has 1 aliphatic carbocycles. The minimum Gasteiger partial charge on any atom is -0.588 e. The molecule has 0 spiro atoms. The van der Waals surface area contributed by atoms with Crippen LogP contribution in [0.3, 0.4) is 0 Å². The third-order valence-corrected chi connectivity index (χ3v) is 8.51. The minimum absolute atomic E-state index is 0.844. The molecule has 2 aromatic rings.